The fourth-order valence-electron chi connectivity index (χ4n) is 1.23. The third kappa shape index (κ3) is 4.11. The van der Waals surface area contributed by atoms with Gasteiger partial charge in [0, 0.05) is 6.04 Å². The van der Waals surface area contributed by atoms with Crippen LogP contribution in [-0.2, 0) is 4.79 Å². The predicted molar refractivity (Wildman–Crippen MR) is 65.0 cm³/mol. The maximum Gasteiger partial charge on any atom is 0.258 e. The van der Waals surface area contributed by atoms with Crippen molar-refractivity contribution in [3.63, 3.8) is 0 Å². The number of carbonyl (C=O) groups is 1. The molecule has 0 aliphatic rings. The van der Waals surface area contributed by atoms with Crippen LogP contribution in [0.4, 0.5) is 0 Å². The molecule has 1 aromatic rings. The van der Waals surface area contributed by atoms with Crippen molar-refractivity contribution in [2.24, 2.45) is 0 Å². The summed E-state index contributed by atoms with van der Waals surface area (Å²) >= 11 is 5.96. The van der Waals surface area contributed by atoms with E-state index in [1.54, 1.807) is 12.1 Å². The van der Waals surface area contributed by atoms with E-state index in [0.717, 1.165) is 5.56 Å². The van der Waals surface area contributed by atoms with E-state index in [4.69, 9.17) is 16.3 Å². The lowest BCUT2D eigenvalue weighted by molar-refractivity contribution is -0.123. The normalized spacial score (nSPS) is 10.3. The summed E-state index contributed by atoms with van der Waals surface area (Å²) in [6.45, 7) is 5.73. The van der Waals surface area contributed by atoms with E-state index in [9.17, 15) is 4.79 Å². The molecule has 1 rings (SSSR count). The van der Waals surface area contributed by atoms with Crippen molar-refractivity contribution in [1.29, 1.82) is 0 Å². The fraction of sp³-hybridized carbons (Fsp3) is 0.417. The van der Waals surface area contributed by atoms with Gasteiger partial charge in [-0.2, -0.15) is 0 Å². The first kappa shape index (κ1) is 12.8. The molecular weight excluding hydrogens is 226 g/mol. The van der Waals surface area contributed by atoms with Gasteiger partial charge in [0.25, 0.3) is 5.91 Å². The number of aryl methyl sites for hydroxylation is 1. The highest BCUT2D eigenvalue weighted by Crippen LogP contribution is 2.24. The highest BCUT2D eigenvalue weighted by molar-refractivity contribution is 6.32. The molecule has 0 atom stereocenters. The maximum atomic E-state index is 11.3. The number of carbonyl (C=O) groups excluding carboxylic acids is 1. The summed E-state index contributed by atoms with van der Waals surface area (Å²) in [6.07, 6.45) is 0. The van der Waals surface area contributed by atoms with Crippen molar-refractivity contribution in [3.05, 3.63) is 28.8 Å². The molecule has 0 aliphatic heterocycles. The number of nitrogens with one attached hydrogen (secondary N) is 1. The van der Waals surface area contributed by atoms with E-state index in [2.05, 4.69) is 5.32 Å². The number of ether oxygens (including phenoxy) is 1. The summed E-state index contributed by atoms with van der Waals surface area (Å²) in [5, 5.41) is 3.26. The average molecular weight is 242 g/mol. The Bertz CT molecular complexity index is 377. The lowest BCUT2D eigenvalue weighted by Gasteiger charge is -2.10. The molecule has 0 radical (unpaired) electrons. The van der Waals surface area contributed by atoms with Gasteiger partial charge in [0.15, 0.2) is 6.61 Å². The summed E-state index contributed by atoms with van der Waals surface area (Å²) in [5.74, 6) is 0.387. The fourth-order valence-corrected chi connectivity index (χ4v) is 1.52. The molecule has 0 unspecified atom stereocenters. The minimum Gasteiger partial charge on any atom is -0.482 e. The Kier molecular flexibility index (Phi) is 4.62. The molecule has 1 N–H and O–H groups in total. The van der Waals surface area contributed by atoms with Gasteiger partial charge in [0.2, 0.25) is 0 Å². The summed E-state index contributed by atoms with van der Waals surface area (Å²) in [7, 11) is 0. The standard InChI is InChI=1S/C12H16ClNO2/c1-8(2)14-12(15)7-16-11-5-4-9(3)6-10(11)13/h4-6,8H,7H2,1-3H3,(H,14,15). The van der Waals surface area contributed by atoms with E-state index < -0.39 is 0 Å². The molecule has 16 heavy (non-hydrogen) atoms. The van der Waals surface area contributed by atoms with Crippen molar-refractivity contribution >= 4 is 17.5 Å². The number of rotatable bonds is 4. The van der Waals surface area contributed by atoms with Crippen LogP contribution < -0.4 is 10.1 Å². The van der Waals surface area contributed by atoms with E-state index in [-0.39, 0.29) is 18.6 Å². The van der Waals surface area contributed by atoms with Crippen molar-refractivity contribution < 1.29 is 9.53 Å². The molecule has 0 aromatic heterocycles. The molecule has 88 valence electrons. The van der Waals surface area contributed by atoms with Gasteiger partial charge in [-0.25, -0.2) is 0 Å². The van der Waals surface area contributed by atoms with Crippen molar-refractivity contribution in [2.75, 3.05) is 6.61 Å². The van der Waals surface area contributed by atoms with Gasteiger partial charge < -0.3 is 10.1 Å². The number of halogens is 1. The monoisotopic (exact) mass is 241 g/mol. The Labute approximate surface area is 101 Å². The largest absolute Gasteiger partial charge is 0.482 e. The lowest BCUT2D eigenvalue weighted by Crippen LogP contribution is -2.34. The highest BCUT2D eigenvalue weighted by atomic mass is 35.5. The smallest absolute Gasteiger partial charge is 0.258 e. The first-order valence-corrected chi connectivity index (χ1v) is 5.55. The quantitative estimate of drug-likeness (QED) is 0.880. The molecule has 1 aromatic carbocycles. The lowest BCUT2D eigenvalue weighted by atomic mass is 10.2. The Morgan fingerprint density at radius 2 is 2.19 bits per heavy atom. The second-order valence-electron chi connectivity index (χ2n) is 3.94. The third-order valence-electron chi connectivity index (χ3n) is 1.90. The number of benzene rings is 1. The first-order chi connectivity index (χ1) is 7.49. The predicted octanol–water partition coefficient (Wildman–Crippen LogP) is 2.55. The Morgan fingerprint density at radius 3 is 2.75 bits per heavy atom. The Morgan fingerprint density at radius 1 is 1.50 bits per heavy atom. The van der Waals surface area contributed by atoms with E-state index >= 15 is 0 Å². The molecule has 0 bridgehead atoms. The van der Waals surface area contributed by atoms with Crippen LogP contribution in [0, 0.1) is 6.92 Å². The summed E-state index contributed by atoms with van der Waals surface area (Å²) in [5.41, 5.74) is 1.06. The molecule has 0 spiro atoms. The van der Waals surface area contributed by atoms with Gasteiger partial charge in [-0.1, -0.05) is 17.7 Å². The maximum absolute atomic E-state index is 11.3. The molecule has 1 amide bonds. The van der Waals surface area contributed by atoms with Crippen LogP contribution in [0.25, 0.3) is 0 Å². The van der Waals surface area contributed by atoms with E-state index in [1.165, 1.54) is 0 Å². The van der Waals surface area contributed by atoms with Crippen molar-refractivity contribution in [2.45, 2.75) is 26.8 Å². The summed E-state index contributed by atoms with van der Waals surface area (Å²) in [4.78, 5) is 11.3. The van der Waals surface area contributed by atoms with Crippen LogP contribution >= 0.6 is 11.6 Å². The molecule has 0 saturated carbocycles. The van der Waals surface area contributed by atoms with Gasteiger partial charge in [0.05, 0.1) is 5.02 Å². The topological polar surface area (TPSA) is 38.3 Å². The first-order valence-electron chi connectivity index (χ1n) is 5.17. The van der Waals surface area contributed by atoms with Crippen LogP contribution in [-0.4, -0.2) is 18.6 Å². The van der Waals surface area contributed by atoms with Gasteiger partial charge in [0.1, 0.15) is 5.75 Å². The van der Waals surface area contributed by atoms with Crippen molar-refractivity contribution in [3.8, 4) is 5.75 Å². The Hall–Kier alpha value is -1.22. The summed E-state index contributed by atoms with van der Waals surface area (Å²) < 4.78 is 5.31. The minimum atomic E-state index is -0.147. The molecular formula is C12H16ClNO2. The zero-order valence-corrected chi connectivity index (χ0v) is 10.5. The van der Waals surface area contributed by atoms with Crippen LogP contribution in [0.15, 0.2) is 18.2 Å². The van der Waals surface area contributed by atoms with Crippen LogP contribution in [0.3, 0.4) is 0 Å². The molecule has 3 nitrogen and oxygen atoms in total. The molecule has 4 heteroatoms. The highest BCUT2D eigenvalue weighted by Gasteiger charge is 2.06. The Balaban J connectivity index is 2.51. The number of hydrogen-bond acceptors (Lipinski definition) is 2. The van der Waals surface area contributed by atoms with Gasteiger partial charge >= 0.3 is 0 Å². The van der Waals surface area contributed by atoms with Crippen LogP contribution in [0.5, 0.6) is 5.75 Å². The van der Waals surface area contributed by atoms with E-state index in [1.807, 2.05) is 26.8 Å². The zero-order chi connectivity index (χ0) is 12.1. The SMILES string of the molecule is Cc1ccc(OCC(=O)NC(C)C)c(Cl)c1. The van der Waals surface area contributed by atoms with Gasteiger partial charge in [-0.15, -0.1) is 0 Å². The van der Waals surface area contributed by atoms with Crippen LogP contribution in [0.1, 0.15) is 19.4 Å². The van der Waals surface area contributed by atoms with Crippen LogP contribution in [0.2, 0.25) is 5.02 Å². The van der Waals surface area contributed by atoms with Crippen molar-refractivity contribution in [1.82, 2.24) is 5.32 Å². The molecule has 0 aliphatic carbocycles. The molecule has 0 fully saturated rings. The van der Waals surface area contributed by atoms with Gasteiger partial charge in [-0.05, 0) is 38.5 Å². The second-order valence-corrected chi connectivity index (χ2v) is 4.35. The molecule has 0 heterocycles. The van der Waals surface area contributed by atoms with E-state index in [0.29, 0.717) is 10.8 Å². The summed E-state index contributed by atoms with van der Waals surface area (Å²) in [6, 6.07) is 5.57. The molecule has 0 saturated heterocycles. The van der Waals surface area contributed by atoms with Gasteiger partial charge in [-0.3, -0.25) is 4.79 Å². The average Bonchev–Trinajstić information content (AvgIpc) is 2.15. The zero-order valence-electron chi connectivity index (χ0n) is 9.71. The number of amides is 1. The number of hydrogen-bond donors (Lipinski definition) is 1. The minimum absolute atomic E-state index is 0.0129. The second kappa shape index (κ2) is 5.75. The third-order valence-corrected chi connectivity index (χ3v) is 2.19.